The monoisotopic (exact) mass is 317 g/mol. The molecule has 0 fully saturated rings. The number of carbonyl (C=O) groups is 1. The van der Waals surface area contributed by atoms with Crippen molar-refractivity contribution in [3.8, 4) is 0 Å². The van der Waals surface area contributed by atoms with Crippen LogP contribution >= 0.6 is 11.3 Å². The Hall–Kier alpha value is -1.62. The Labute approximate surface area is 135 Å². The Balaban J connectivity index is 1.66. The maximum atomic E-state index is 12.5. The topological polar surface area (TPSA) is 46.9 Å². The minimum absolute atomic E-state index is 0.0606. The lowest BCUT2D eigenvalue weighted by molar-refractivity contribution is 0.0953. The van der Waals surface area contributed by atoms with Gasteiger partial charge in [0.15, 0.2) is 0 Å². The molecule has 0 saturated heterocycles. The lowest BCUT2D eigenvalue weighted by Crippen LogP contribution is -2.25. The summed E-state index contributed by atoms with van der Waals surface area (Å²) in [5, 5.41) is 5.22. The van der Waals surface area contributed by atoms with Crippen LogP contribution in [0.2, 0.25) is 0 Å². The molecular weight excluding hydrogens is 294 g/mol. The van der Waals surface area contributed by atoms with Crippen molar-refractivity contribution in [2.24, 2.45) is 5.92 Å². The molecule has 0 unspecified atom stereocenters. The first-order chi connectivity index (χ1) is 10.6. The van der Waals surface area contributed by atoms with Gasteiger partial charge in [0, 0.05) is 12.7 Å². The molecule has 0 atom stereocenters. The predicted octanol–water partition coefficient (Wildman–Crippen LogP) is 3.41. The van der Waals surface area contributed by atoms with E-state index in [1.165, 1.54) is 24.0 Å². The van der Waals surface area contributed by atoms with E-state index in [0.29, 0.717) is 12.5 Å². The maximum absolute atomic E-state index is 12.5. The number of aryl methyl sites for hydroxylation is 1. The molecule has 0 spiro atoms. The van der Waals surface area contributed by atoms with Gasteiger partial charge in [-0.25, -0.2) is 4.98 Å². The summed E-state index contributed by atoms with van der Waals surface area (Å²) in [6.07, 6.45) is 8.30. The Bertz CT molecular complexity index is 657. The Morgan fingerprint density at radius 1 is 1.41 bits per heavy atom. The predicted molar refractivity (Wildman–Crippen MR) is 89.2 cm³/mol. The van der Waals surface area contributed by atoms with E-state index in [0.717, 1.165) is 30.0 Å². The Morgan fingerprint density at radius 2 is 2.23 bits per heavy atom. The smallest absolute Gasteiger partial charge is 0.261 e. The third-order valence-corrected chi connectivity index (χ3v) is 5.17. The van der Waals surface area contributed by atoms with Gasteiger partial charge >= 0.3 is 0 Å². The van der Waals surface area contributed by atoms with E-state index in [9.17, 15) is 4.79 Å². The molecule has 0 aromatic carbocycles. The number of aromatic nitrogens is 2. The first-order valence-corrected chi connectivity index (χ1v) is 8.89. The van der Waals surface area contributed by atoms with Crippen LogP contribution in [-0.2, 0) is 25.9 Å². The van der Waals surface area contributed by atoms with Gasteiger partial charge < -0.3 is 9.88 Å². The van der Waals surface area contributed by atoms with Crippen LogP contribution in [-0.4, -0.2) is 15.5 Å². The molecule has 1 amide bonds. The number of amides is 1. The average Bonchev–Trinajstić information content (AvgIpc) is 3.11. The van der Waals surface area contributed by atoms with Gasteiger partial charge in [-0.2, -0.15) is 0 Å². The van der Waals surface area contributed by atoms with Gasteiger partial charge in [0.2, 0.25) is 0 Å². The van der Waals surface area contributed by atoms with Crippen LogP contribution < -0.4 is 5.32 Å². The molecule has 0 saturated carbocycles. The fourth-order valence-electron chi connectivity index (χ4n) is 3.01. The van der Waals surface area contributed by atoms with Crippen molar-refractivity contribution < 1.29 is 4.79 Å². The zero-order valence-corrected chi connectivity index (χ0v) is 14.1. The van der Waals surface area contributed by atoms with Crippen molar-refractivity contribution in [2.75, 3.05) is 0 Å². The number of nitrogens with one attached hydrogen (secondary N) is 1. The third kappa shape index (κ3) is 3.24. The standard InChI is InChI=1S/C17H23N3OS/c1-12(2)9-20-11-18-7-14(20)8-19-17(21)16-15-6-4-3-5-13(15)10-22-16/h7,10-12H,3-6,8-9H2,1-2H3,(H,19,21). The van der Waals surface area contributed by atoms with Gasteiger partial charge in [0.1, 0.15) is 0 Å². The molecule has 1 aliphatic carbocycles. The number of hydrogen-bond acceptors (Lipinski definition) is 3. The van der Waals surface area contributed by atoms with Gasteiger partial charge in [-0.1, -0.05) is 13.8 Å². The molecule has 2 aromatic rings. The quantitative estimate of drug-likeness (QED) is 0.918. The number of hydrogen-bond donors (Lipinski definition) is 1. The molecule has 4 nitrogen and oxygen atoms in total. The van der Waals surface area contributed by atoms with Crippen LogP contribution in [0.4, 0.5) is 0 Å². The van der Waals surface area contributed by atoms with Crippen molar-refractivity contribution in [1.82, 2.24) is 14.9 Å². The van der Waals surface area contributed by atoms with Gasteiger partial charge in [-0.3, -0.25) is 4.79 Å². The summed E-state index contributed by atoms with van der Waals surface area (Å²) >= 11 is 1.59. The van der Waals surface area contributed by atoms with E-state index >= 15 is 0 Å². The molecule has 1 N–H and O–H groups in total. The minimum Gasteiger partial charge on any atom is -0.346 e. The van der Waals surface area contributed by atoms with E-state index in [4.69, 9.17) is 0 Å². The van der Waals surface area contributed by atoms with Crippen molar-refractivity contribution in [3.05, 3.63) is 39.6 Å². The summed E-state index contributed by atoms with van der Waals surface area (Å²) in [6.45, 7) is 5.83. The van der Waals surface area contributed by atoms with E-state index < -0.39 is 0 Å². The Kier molecular flexibility index (Phi) is 4.62. The second kappa shape index (κ2) is 6.65. The molecule has 118 valence electrons. The van der Waals surface area contributed by atoms with Crippen LogP contribution in [0, 0.1) is 5.92 Å². The lowest BCUT2D eigenvalue weighted by Gasteiger charge is -2.13. The first kappa shape index (κ1) is 15.3. The van der Waals surface area contributed by atoms with Crippen molar-refractivity contribution in [2.45, 2.75) is 52.6 Å². The van der Waals surface area contributed by atoms with Gasteiger partial charge in [-0.15, -0.1) is 11.3 Å². The molecule has 0 aliphatic heterocycles. The van der Waals surface area contributed by atoms with E-state index in [2.05, 4.69) is 34.1 Å². The number of carbonyl (C=O) groups excluding carboxylic acids is 1. The highest BCUT2D eigenvalue weighted by atomic mass is 32.1. The SMILES string of the molecule is CC(C)Cn1cncc1CNC(=O)c1scc2c1CCCC2. The molecule has 5 heteroatoms. The van der Waals surface area contributed by atoms with Crippen LogP contribution in [0.15, 0.2) is 17.9 Å². The van der Waals surface area contributed by atoms with E-state index in [1.54, 1.807) is 11.3 Å². The van der Waals surface area contributed by atoms with Crippen LogP contribution in [0.5, 0.6) is 0 Å². The largest absolute Gasteiger partial charge is 0.346 e. The average molecular weight is 317 g/mol. The van der Waals surface area contributed by atoms with Crippen molar-refractivity contribution in [3.63, 3.8) is 0 Å². The number of nitrogens with zero attached hydrogens (tertiary/aromatic N) is 2. The van der Waals surface area contributed by atoms with E-state index in [-0.39, 0.29) is 5.91 Å². The lowest BCUT2D eigenvalue weighted by atomic mass is 9.94. The highest BCUT2D eigenvalue weighted by molar-refractivity contribution is 7.12. The van der Waals surface area contributed by atoms with Crippen molar-refractivity contribution >= 4 is 17.2 Å². The summed E-state index contributed by atoms with van der Waals surface area (Å²) in [6, 6.07) is 0. The Morgan fingerprint density at radius 3 is 3.05 bits per heavy atom. The summed E-state index contributed by atoms with van der Waals surface area (Å²) in [4.78, 5) is 17.6. The van der Waals surface area contributed by atoms with Gasteiger partial charge in [0.05, 0.1) is 23.4 Å². The minimum atomic E-state index is 0.0606. The molecule has 3 rings (SSSR count). The fraction of sp³-hybridized carbons (Fsp3) is 0.529. The van der Waals surface area contributed by atoms with Crippen LogP contribution in [0.3, 0.4) is 0 Å². The molecule has 2 heterocycles. The third-order valence-electron chi connectivity index (χ3n) is 4.10. The highest BCUT2D eigenvalue weighted by Crippen LogP contribution is 2.29. The number of fused-ring (bicyclic) bond motifs is 1. The second-order valence-electron chi connectivity index (χ2n) is 6.39. The second-order valence-corrected chi connectivity index (χ2v) is 7.27. The zero-order valence-electron chi connectivity index (χ0n) is 13.3. The molecular formula is C17H23N3OS. The number of thiophene rings is 1. The summed E-state index contributed by atoms with van der Waals surface area (Å²) in [5.41, 5.74) is 3.73. The zero-order chi connectivity index (χ0) is 15.5. The summed E-state index contributed by atoms with van der Waals surface area (Å²) in [7, 11) is 0. The molecule has 0 radical (unpaired) electrons. The molecule has 0 bridgehead atoms. The highest BCUT2D eigenvalue weighted by Gasteiger charge is 2.20. The molecule has 1 aliphatic rings. The normalized spacial score (nSPS) is 14.1. The number of imidazole rings is 1. The van der Waals surface area contributed by atoms with Crippen molar-refractivity contribution in [1.29, 1.82) is 0 Å². The van der Waals surface area contributed by atoms with Gasteiger partial charge in [0.25, 0.3) is 5.91 Å². The van der Waals surface area contributed by atoms with Gasteiger partial charge in [-0.05, 0) is 48.1 Å². The van der Waals surface area contributed by atoms with E-state index in [1.807, 2.05) is 12.5 Å². The molecule has 2 aromatic heterocycles. The van der Waals surface area contributed by atoms with Crippen LogP contribution in [0.25, 0.3) is 0 Å². The first-order valence-electron chi connectivity index (χ1n) is 8.01. The molecule has 22 heavy (non-hydrogen) atoms. The maximum Gasteiger partial charge on any atom is 0.261 e. The number of rotatable bonds is 5. The van der Waals surface area contributed by atoms with Crippen LogP contribution in [0.1, 0.15) is 53.2 Å². The summed E-state index contributed by atoms with van der Waals surface area (Å²) < 4.78 is 2.12. The fourth-order valence-corrected chi connectivity index (χ4v) is 4.09. The summed E-state index contributed by atoms with van der Waals surface area (Å²) in [5.74, 6) is 0.624.